The number of rotatable bonds is 2. The Balaban J connectivity index is 2.16. The fourth-order valence-corrected chi connectivity index (χ4v) is 1.80. The highest BCUT2D eigenvalue weighted by Gasteiger charge is 2.09. The molecule has 0 aliphatic rings. The van der Waals surface area contributed by atoms with Crippen LogP contribution in [0.5, 0.6) is 5.75 Å². The molecule has 0 spiro atoms. The van der Waals surface area contributed by atoms with Gasteiger partial charge in [-0.05, 0) is 61.4 Å². The largest absolute Gasteiger partial charge is 0.423 e. The third-order valence-electron chi connectivity index (χ3n) is 2.77. The van der Waals surface area contributed by atoms with Crippen molar-refractivity contribution in [3.63, 3.8) is 0 Å². The van der Waals surface area contributed by atoms with Gasteiger partial charge in [-0.2, -0.15) is 0 Å². The molecule has 18 heavy (non-hydrogen) atoms. The van der Waals surface area contributed by atoms with E-state index in [1.54, 1.807) is 18.2 Å². The molecular weight excluding hydrogens is 292 g/mol. The molecular formula is C15H13BrO2. The number of esters is 1. The van der Waals surface area contributed by atoms with Crippen LogP contribution in [0.4, 0.5) is 0 Å². The molecule has 0 saturated carbocycles. The highest BCUT2D eigenvalue weighted by Crippen LogP contribution is 2.18. The Labute approximate surface area is 115 Å². The Hall–Kier alpha value is -1.61. The van der Waals surface area contributed by atoms with Crippen LogP contribution in [0.1, 0.15) is 21.5 Å². The van der Waals surface area contributed by atoms with Crippen molar-refractivity contribution >= 4 is 21.9 Å². The first-order valence-corrected chi connectivity index (χ1v) is 6.40. The molecule has 92 valence electrons. The molecule has 0 aromatic heterocycles. The smallest absolute Gasteiger partial charge is 0.343 e. The third kappa shape index (κ3) is 2.99. The maximum absolute atomic E-state index is 11.9. The Morgan fingerprint density at radius 1 is 1.00 bits per heavy atom. The van der Waals surface area contributed by atoms with Gasteiger partial charge >= 0.3 is 5.97 Å². The fraction of sp³-hybridized carbons (Fsp3) is 0.133. The molecule has 0 fully saturated rings. The van der Waals surface area contributed by atoms with E-state index in [1.807, 2.05) is 38.1 Å². The van der Waals surface area contributed by atoms with E-state index < -0.39 is 0 Å². The zero-order valence-electron chi connectivity index (χ0n) is 10.2. The molecule has 0 aliphatic heterocycles. The van der Waals surface area contributed by atoms with Crippen molar-refractivity contribution in [3.05, 3.63) is 63.6 Å². The van der Waals surface area contributed by atoms with Gasteiger partial charge in [0.15, 0.2) is 0 Å². The average Bonchev–Trinajstić information content (AvgIpc) is 2.35. The van der Waals surface area contributed by atoms with Gasteiger partial charge < -0.3 is 4.74 Å². The van der Waals surface area contributed by atoms with Gasteiger partial charge in [0.25, 0.3) is 0 Å². The minimum atomic E-state index is -0.333. The number of ether oxygens (including phenoxy) is 1. The summed E-state index contributed by atoms with van der Waals surface area (Å²) in [6.07, 6.45) is 0. The van der Waals surface area contributed by atoms with Crippen LogP contribution >= 0.6 is 15.9 Å². The summed E-state index contributed by atoms with van der Waals surface area (Å²) in [6, 6.07) is 12.7. The van der Waals surface area contributed by atoms with E-state index in [4.69, 9.17) is 4.74 Å². The Bertz CT molecular complexity index is 574. The van der Waals surface area contributed by atoms with E-state index in [1.165, 1.54) is 0 Å². The van der Waals surface area contributed by atoms with E-state index in [0.29, 0.717) is 11.3 Å². The molecule has 0 atom stereocenters. The Morgan fingerprint density at radius 2 is 1.67 bits per heavy atom. The lowest BCUT2D eigenvalue weighted by Gasteiger charge is -2.06. The van der Waals surface area contributed by atoms with Gasteiger partial charge in [0.05, 0.1) is 5.56 Å². The van der Waals surface area contributed by atoms with Gasteiger partial charge in [-0.25, -0.2) is 4.79 Å². The Kier molecular flexibility index (Phi) is 3.82. The molecule has 2 aromatic rings. The van der Waals surface area contributed by atoms with Crippen molar-refractivity contribution < 1.29 is 9.53 Å². The second-order valence-electron chi connectivity index (χ2n) is 4.14. The first kappa shape index (κ1) is 12.8. The molecule has 0 unspecified atom stereocenters. The summed E-state index contributed by atoms with van der Waals surface area (Å²) in [5, 5.41) is 0. The lowest BCUT2D eigenvalue weighted by atomic mass is 10.1. The number of halogens is 1. The predicted octanol–water partition coefficient (Wildman–Crippen LogP) is 4.29. The molecule has 0 amide bonds. The van der Waals surface area contributed by atoms with Crippen molar-refractivity contribution in [2.45, 2.75) is 13.8 Å². The molecule has 0 bridgehead atoms. The second-order valence-corrected chi connectivity index (χ2v) is 5.06. The molecule has 2 rings (SSSR count). The highest BCUT2D eigenvalue weighted by atomic mass is 79.9. The monoisotopic (exact) mass is 304 g/mol. The number of hydrogen-bond donors (Lipinski definition) is 0. The van der Waals surface area contributed by atoms with Crippen LogP contribution in [0.15, 0.2) is 46.9 Å². The van der Waals surface area contributed by atoms with Crippen LogP contribution in [0.25, 0.3) is 0 Å². The van der Waals surface area contributed by atoms with Crippen LogP contribution in [0, 0.1) is 13.8 Å². The van der Waals surface area contributed by atoms with E-state index in [-0.39, 0.29) is 5.97 Å². The van der Waals surface area contributed by atoms with Gasteiger partial charge in [0.2, 0.25) is 0 Å². The Morgan fingerprint density at radius 3 is 2.28 bits per heavy atom. The second kappa shape index (κ2) is 5.36. The first-order chi connectivity index (χ1) is 8.56. The van der Waals surface area contributed by atoms with Crippen molar-refractivity contribution in [1.29, 1.82) is 0 Å². The van der Waals surface area contributed by atoms with Crippen molar-refractivity contribution in [2.24, 2.45) is 0 Å². The van der Waals surface area contributed by atoms with E-state index in [9.17, 15) is 4.79 Å². The summed E-state index contributed by atoms with van der Waals surface area (Å²) < 4.78 is 6.24. The lowest BCUT2D eigenvalue weighted by Crippen LogP contribution is -2.08. The minimum Gasteiger partial charge on any atom is -0.423 e. The van der Waals surface area contributed by atoms with Crippen LogP contribution in [0.3, 0.4) is 0 Å². The van der Waals surface area contributed by atoms with Crippen molar-refractivity contribution in [2.75, 3.05) is 0 Å². The number of carbonyl (C=O) groups excluding carboxylic acids is 1. The van der Waals surface area contributed by atoms with E-state index >= 15 is 0 Å². The molecule has 2 nitrogen and oxygen atoms in total. The predicted molar refractivity (Wildman–Crippen MR) is 75.0 cm³/mol. The number of hydrogen-bond acceptors (Lipinski definition) is 2. The van der Waals surface area contributed by atoms with Crippen LogP contribution in [-0.4, -0.2) is 5.97 Å². The normalized spacial score (nSPS) is 10.2. The van der Waals surface area contributed by atoms with E-state index in [0.717, 1.165) is 15.6 Å². The number of aryl methyl sites for hydroxylation is 2. The maximum Gasteiger partial charge on any atom is 0.343 e. The lowest BCUT2D eigenvalue weighted by molar-refractivity contribution is 0.0734. The maximum atomic E-state index is 11.9. The minimum absolute atomic E-state index is 0.333. The number of benzene rings is 2. The molecule has 0 heterocycles. The van der Waals surface area contributed by atoms with Gasteiger partial charge in [-0.1, -0.05) is 22.0 Å². The summed E-state index contributed by atoms with van der Waals surface area (Å²) in [7, 11) is 0. The van der Waals surface area contributed by atoms with Gasteiger partial charge in [0.1, 0.15) is 5.75 Å². The number of carbonyl (C=O) groups is 1. The van der Waals surface area contributed by atoms with Crippen molar-refractivity contribution in [1.82, 2.24) is 0 Å². The summed E-state index contributed by atoms with van der Waals surface area (Å²) in [5.41, 5.74) is 2.82. The standard InChI is InChI=1S/C15H13BrO2/c1-10-3-4-12(9-11(10)2)15(17)18-14-7-5-13(16)6-8-14/h3-9H,1-2H3. The van der Waals surface area contributed by atoms with Gasteiger partial charge in [0, 0.05) is 4.47 Å². The van der Waals surface area contributed by atoms with Crippen LogP contribution < -0.4 is 4.74 Å². The van der Waals surface area contributed by atoms with Crippen LogP contribution in [0.2, 0.25) is 0 Å². The molecule has 0 radical (unpaired) electrons. The molecule has 0 N–H and O–H groups in total. The topological polar surface area (TPSA) is 26.3 Å². The highest BCUT2D eigenvalue weighted by molar-refractivity contribution is 9.10. The van der Waals surface area contributed by atoms with E-state index in [2.05, 4.69) is 15.9 Å². The quantitative estimate of drug-likeness (QED) is 0.611. The SMILES string of the molecule is Cc1ccc(C(=O)Oc2ccc(Br)cc2)cc1C. The summed E-state index contributed by atoms with van der Waals surface area (Å²) in [4.78, 5) is 11.9. The van der Waals surface area contributed by atoms with Gasteiger partial charge in [-0.3, -0.25) is 0 Å². The fourth-order valence-electron chi connectivity index (χ4n) is 1.54. The molecule has 0 aliphatic carbocycles. The van der Waals surface area contributed by atoms with Crippen LogP contribution in [-0.2, 0) is 0 Å². The molecule has 3 heteroatoms. The zero-order valence-corrected chi connectivity index (χ0v) is 11.8. The average molecular weight is 305 g/mol. The van der Waals surface area contributed by atoms with Gasteiger partial charge in [-0.15, -0.1) is 0 Å². The summed E-state index contributed by atoms with van der Waals surface area (Å²) in [5.74, 6) is 0.210. The first-order valence-electron chi connectivity index (χ1n) is 5.61. The summed E-state index contributed by atoms with van der Waals surface area (Å²) >= 11 is 3.33. The molecule has 0 saturated heterocycles. The summed E-state index contributed by atoms with van der Waals surface area (Å²) in [6.45, 7) is 3.99. The third-order valence-corrected chi connectivity index (χ3v) is 3.30. The molecule has 2 aromatic carbocycles. The van der Waals surface area contributed by atoms with Crippen molar-refractivity contribution in [3.8, 4) is 5.75 Å². The zero-order chi connectivity index (χ0) is 13.1.